The number of amides is 2. The van der Waals surface area contributed by atoms with Gasteiger partial charge in [0.15, 0.2) is 6.61 Å². The molecule has 27 heavy (non-hydrogen) atoms. The van der Waals surface area contributed by atoms with E-state index < -0.39 is 11.8 Å². The summed E-state index contributed by atoms with van der Waals surface area (Å²) in [6.45, 7) is 1.66. The van der Waals surface area contributed by atoms with E-state index in [4.69, 9.17) is 14.7 Å². The lowest BCUT2D eigenvalue weighted by atomic mass is 10.1. The van der Waals surface area contributed by atoms with E-state index in [0.717, 1.165) is 11.1 Å². The number of hydrogen-bond acceptors (Lipinski definition) is 5. The Morgan fingerprint density at radius 3 is 2.56 bits per heavy atom. The zero-order valence-electron chi connectivity index (χ0n) is 15.0. The van der Waals surface area contributed by atoms with E-state index in [0.29, 0.717) is 17.1 Å². The average Bonchev–Trinajstić information content (AvgIpc) is 2.69. The number of nitriles is 1. The van der Waals surface area contributed by atoms with Gasteiger partial charge in [0.1, 0.15) is 11.5 Å². The van der Waals surface area contributed by atoms with Crippen LogP contribution in [-0.2, 0) is 9.59 Å². The summed E-state index contributed by atoms with van der Waals surface area (Å²) in [5, 5.41) is 8.72. The molecule has 7 heteroatoms. The Labute approximate surface area is 157 Å². The topological polar surface area (TPSA) is 100 Å². The van der Waals surface area contributed by atoms with Crippen LogP contribution in [0.3, 0.4) is 0 Å². The quantitative estimate of drug-likeness (QED) is 0.603. The summed E-state index contributed by atoms with van der Waals surface area (Å²) in [6.07, 6.45) is 2.89. The van der Waals surface area contributed by atoms with Gasteiger partial charge in [-0.25, -0.2) is 0 Å². The minimum Gasteiger partial charge on any atom is -0.496 e. The predicted molar refractivity (Wildman–Crippen MR) is 99.7 cm³/mol. The second kappa shape index (κ2) is 9.63. The highest BCUT2D eigenvalue weighted by molar-refractivity contribution is 5.93. The fourth-order valence-electron chi connectivity index (χ4n) is 2.13. The molecular weight excluding hydrogens is 346 g/mol. The molecule has 0 aliphatic carbocycles. The molecule has 0 saturated carbocycles. The Balaban J connectivity index is 1.80. The fraction of sp³-hybridized carbons (Fsp3) is 0.150. The first kappa shape index (κ1) is 19.5. The van der Waals surface area contributed by atoms with Crippen LogP contribution in [0.25, 0.3) is 6.08 Å². The third kappa shape index (κ3) is 6.21. The lowest BCUT2D eigenvalue weighted by Crippen LogP contribution is -2.43. The Morgan fingerprint density at radius 2 is 1.89 bits per heavy atom. The van der Waals surface area contributed by atoms with Crippen molar-refractivity contribution in [1.82, 2.24) is 10.9 Å². The highest BCUT2D eigenvalue weighted by atomic mass is 16.5. The standard InChI is InChI=1S/C20H19N3O4/c1-14-3-9-18(26-2)16(11-14)6-10-19(24)22-23-20(25)13-27-17-7-4-15(12-21)5-8-17/h3-11H,13H2,1-2H3,(H,22,24)(H,23,25)/b10-6+. The summed E-state index contributed by atoms with van der Waals surface area (Å²) < 4.78 is 10.5. The minimum absolute atomic E-state index is 0.276. The first-order valence-corrected chi connectivity index (χ1v) is 8.06. The van der Waals surface area contributed by atoms with Crippen molar-refractivity contribution in [3.05, 3.63) is 65.2 Å². The van der Waals surface area contributed by atoms with Crippen LogP contribution in [0.15, 0.2) is 48.5 Å². The van der Waals surface area contributed by atoms with E-state index in [9.17, 15) is 9.59 Å². The summed E-state index contributed by atoms with van der Waals surface area (Å²) in [4.78, 5) is 23.5. The highest BCUT2D eigenvalue weighted by Crippen LogP contribution is 2.20. The average molecular weight is 365 g/mol. The Kier molecular flexibility index (Phi) is 6.97. The smallest absolute Gasteiger partial charge is 0.276 e. The van der Waals surface area contributed by atoms with E-state index >= 15 is 0 Å². The van der Waals surface area contributed by atoms with E-state index in [2.05, 4.69) is 10.9 Å². The van der Waals surface area contributed by atoms with Crippen LogP contribution in [0, 0.1) is 18.3 Å². The maximum absolute atomic E-state index is 11.8. The number of nitrogens with one attached hydrogen (secondary N) is 2. The second-order valence-corrected chi connectivity index (χ2v) is 5.54. The molecule has 0 saturated heterocycles. The number of benzene rings is 2. The van der Waals surface area contributed by atoms with Gasteiger partial charge in [-0.2, -0.15) is 5.26 Å². The molecule has 0 bridgehead atoms. The highest BCUT2D eigenvalue weighted by Gasteiger charge is 2.05. The number of carbonyl (C=O) groups is 2. The summed E-state index contributed by atoms with van der Waals surface area (Å²) >= 11 is 0. The van der Waals surface area contributed by atoms with Crippen LogP contribution < -0.4 is 20.3 Å². The van der Waals surface area contributed by atoms with E-state index in [-0.39, 0.29) is 6.61 Å². The minimum atomic E-state index is -0.519. The van der Waals surface area contributed by atoms with Crippen LogP contribution >= 0.6 is 0 Å². The molecule has 0 atom stereocenters. The van der Waals surface area contributed by atoms with Gasteiger partial charge in [0.05, 0.1) is 18.7 Å². The molecule has 2 rings (SSSR count). The van der Waals surface area contributed by atoms with Gasteiger partial charge in [-0.1, -0.05) is 11.6 Å². The molecule has 7 nitrogen and oxygen atoms in total. The number of rotatable bonds is 6. The van der Waals surface area contributed by atoms with E-state index in [1.165, 1.54) is 6.08 Å². The van der Waals surface area contributed by atoms with Gasteiger partial charge < -0.3 is 9.47 Å². The molecule has 2 amide bonds. The number of aryl methyl sites for hydroxylation is 1. The first-order valence-electron chi connectivity index (χ1n) is 8.06. The third-order valence-electron chi connectivity index (χ3n) is 3.48. The van der Waals surface area contributed by atoms with Crippen LogP contribution in [-0.4, -0.2) is 25.5 Å². The molecule has 0 spiro atoms. The molecule has 0 aromatic heterocycles. The number of nitrogens with zero attached hydrogens (tertiary/aromatic N) is 1. The van der Waals surface area contributed by atoms with Crippen molar-refractivity contribution < 1.29 is 19.1 Å². The summed E-state index contributed by atoms with van der Waals surface area (Å²) in [5.74, 6) is 0.0749. The molecule has 0 fully saturated rings. The van der Waals surface area contributed by atoms with E-state index in [1.54, 1.807) is 37.5 Å². The second-order valence-electron chi connectivity index (χ2n) is 5.54. The van der Waals surface area contributed by atoms with Gasteiger partial charge >= 0.3 is 0 Å². The van der Waals surface area contributed by atoms with Gasteiger partial charge in [-0.05, 0) is 49.4 Å². The lowest BCUT2D eigenvalue weighted by molar-refractivity contribution is -0.128. The third-order valence-corrected chi connectivity index (χ3v) is 3.48. The zero-order chi connectivity index (χ0) is 19.6. The summed E-state index contributed by atoms with van der Waals surface area (Å²) in [6, 6.07) is 13.9. The van der Waals surface area contributed by atoms with Gasteiger partial charge in [-0.3, -0.25) is 20.4 Å². The SMILES string of the molecule is COc1ccc(C)cc1/C=C/C(=O)NNC(=O)COc1ccc(C#N)cc1. The van der Waals surface area contributed by atoms with Crippen LogP contribution in [0.1, 0.15) is 16.7 Å². The molecule has 2 N–H and O–H groups in total. The number of carbonyl (C=O) groups excluding carboxylic acids is 2. The maximum Gasteiger partial charge on any atom is 0.276 e. The van der Waals surface area contributed by atoms with Crippen molar-refractivity contribution in [2.45, 2.75) is 6.92 Å². The monoisotopic (exact) mass is 365 g/mol. The van der Waals surface area contributed by atoms with Crippen molar-refractivity contribution in [2.24, 2.45) is 0 Å². The van der Waals surface area contributed by atoms with Crippen molar-refractivity contribution in [3.8, 4) is 17.6 Å². The molecule has 138 valence electrons. The van der Waals surface area contributed by atoms with E-state index in [1.807, 2.05) is 31.2 Å². The molecule has 0 unspecified atom stereocenters. The van der Waals surface area contributed by atoms with Crippen LogP contribution in [0.2, 0.25) is 0 Å². The van der Waals surface area contributed by atoms with Gasteiger partial charge in [0.25, 0.3) is 11.8 Å². The van der Waals surface area contributed by atoms with Crippen molar-refractivity contribution >= 4 is 17.9 Å². The van der Waals surface area contributed by atoms with Crippen molar-refractivity contribution in [1.29, 1.82) is 5.26 Å². The number of hydrogen-bond donors (Lipinski definition) is 2. The summed E-state index contributed by atoms with van der Waals surface area (Å²) in [5.41, 5.74) is 6.80. The molecule has 0 radical (unpaired) electrons. The fourth-order valence-corrected chi connectivity index (χ4v) is 2.13. The predicted octanol–water partition coefficient (Wildman–Crippen LogP) is 2.11. The van der Waals surface area contributed by atoms with Gasteiger partial charge in [-0.15, -0.1) is 0 Å². The first-order chi connectivity index (χ1) is 13.0. The largest absolute Gasteiger partial charge is 0.496 e. The number of ether oxygens (including phenoxy) is 2. The van der Waals surface area contributed by atoms with Gasteiger partial charge in [0, 0.05) is 11.6 Å². The molecule has 2 aromatic carbocycles. The number of hydrazine groups is 1. The van der Waals surface area contributed by atoms with Crippen molar-refractivity contribution in [2.75, 3.05) is 13.7 Å². The number of methoxy groups -OCH3 is 1. The van der Waals surface area contributed by atoms with Crippen LogP contribution in [0.4, 0.5) is 0 Å². The zero-order valence-corrected chi connectivity index (χ0v) is 15.0. The Bertz CT molecular complexity index is 883. The molecular formula is C20H19N3O4. The van der Waals surface area contributed by atoms with Crippen LogP contribution in [0.5, 0.6) is 11.5 Å². The maximum atomic E-state index is 11.8. The molecule has 2 aromatic rings. The molecule has 0 aliphatic rings. The summed E-state index contributed by atoms with van der Waals surface area (Å²) in [7, 11) is 1.55. The van der Waals surface area contributed by atoms with Gasteiger partial charge in [0.2, 0.25) is 0 Å². The lowest BCUT2D eigenvalue weighted by Gasteiger charge is -2.08. The normalized spacial score (nSPS) is 10.1. The molecule has 0 heterocycles. The van der Waals surface area contributed by atoms with Crippen molar-refractivity contribution in [3.63, 3.8) is 0 Å². The Morgan fingerprint density at radius 1 is 1.15 bits per heavy atom. The molecule has 0 aliphatic heterocycles. The Hall–Kier alpha value is -3.79.